The van der Waals surface area contributed by atoms with E-state index in [1.54, 1.807) is 30.6 Å². The molecule has 1 aliphatic heterocycles. The number of para-hydroxylation sites is 1. The molecule has 7 nitrogen and oxygen atoms in total. The molecule has 0 atom stereocenters. The molecule has 0 aliphatic carbocycles. The zero-order valence-electron chi connectivity index (χ0n) is 19.4. The third-order valence-corrected chi connectivity index (χ3v) is 9.19. The Labute approximate surface area is 215 Å². The number of fused-ring (bicyclic) bond motifs is 1. The fourth-order valence-corrected chi connectivity index (χ4v) is 6.84. The first-order valence-electron chi connectivity index (χ1n) is 11.4. The number of rotatable bonds is 6. The molecule has 0 bridgehead atoms. The van der Waals surface area contributed by atoms with Crippen molar-refractivity contribution in [3.05, 3.63) is 83.9 Å². The lowest BCUT2D eigenvalue weighted by molar-refractivity contribution is -0.123. The molecule has 1 amide bonds. The molecule has 1 saturated heterocycles. The Morgan fingerprint density at radius 2 is 1.84 bits per heavy atom. The van der Waals surface area contributed by atoms with Crippen molar-refractivity contribution in [1.29, 1.82) is 0 Å². The molecular formula is C25H21F3N4O3S2. The van der Waals surface area contributed by atoms with E-state index in [9.17, 15) is 26.4 Å². The van der Waals surface area contributed by atoms with Crippen LogP contribution in [0.25, 0.3) is 10.2 Å². The predicted octanol–water partition coefficient (Wildman–Crippen LogP) is 4.74. The minimum absolute atomic E-state index is 0.0378. The minimum Gasteiger partial charge on any atom is -0.283 e. The van der Waals surface area contributed by atoms with E-state index in [0.29, 0.717) is 15.9 Å². The Kier molecular flexibility index (Phi) is 6.97. The first kappa shape index (κ1) is 25.3. The second kappa shape index (κ2) is 10.2. The Balaban J connectivity index is 1.38. The summed E-state index contributed by atoms with van der Waals surface area (Å²) in [5.74, 6) is -3.21. The van der Waals surface area contributed by atoms with Gasteiger partial charge in [-0.05, 0) is 54.8 Å². The number of hydrogen-bond donors (Lipinski definition) is 0. The molecule has 2 aromatic carbocycles. The summed E-state index contributed by atoms with van der Waals surface area (Å²) in [5.41, 5.74) is 0.918. The molecule has 192 valence electrons. The number of hydrogen-bond acceptors (Lipinski definition) is 6. The van der Waals surface area contributed by atoms with Gasteiger partial charge in [-0.25, -0.2) is 26.6 Å². The summed E-state index contributed by atoms with van der Waals surface area (Å²) in [6.45, 7) is 0.0783. The van der Waals surface area contributed by atoms with Crippen LogP contribution in [0.5, 0.6) is 0 Å². The zero-order chi connectivity index (χ0) is 26.2. The molecule has 1 aliphatic rings. The van der Waals surface area contributed by atoms with Crippen molar-refractivity contribution < 1.29 is 26.4 Å². The van der Waals surface area contributed by atoms with Crippen LogP contribution in [0, 0.1) is 23.4 Å². The van der Waals surface area contributed by atoms with Gasteiger partial charge in [0, 0.05) is 31.4 Å². The van der Waals surface area contributed by atoms with E-state index in [1.807, 2.05) is 6.07 Å². The number of anilines is 1. The number of carbonyl (C=O) groups is 1. The van der Waals surface area contributed by atoms with Crippen LogP contribution in [-0.4, -0.2) is 41.7 Å². The molecule has 0 N–H and O–H groups in total. The molecule has 0 unspecified atom stereocenters. The van der Waals surface area contributed by atoms with Crippen molar-refractivity contribution in [3.63, 3.8) is 0 Å². The Morgan fingerprint density at radius 1 is 1.05 bits per heavy atom. The van der Waals surface area contributed by atoms with Crippen LogP contribution in [0.1, 0.15) is 18.4 Å². The largest absolute Gasteiger partial charge is 0.283 e. The van der Waals surface area contributed by atoms with E-state index in [-0.39, 0.29) is 43.9 Å². The predicted molar refractivity (Wildman–Crippen MR) is 133 cm³/mol. The van der Waals surface area contributed by atoms with Gasteiger partial charge in [0.15, 0.2) is 5.13 Å². The van der Waals surface area contributed by atoms with Gasteiger partial charge in [-0.3, -0.25) is 14.7 Å². The lowest BCUT2D eigenvalue weighted by Gasteiger charge is -2.33. The number of thiazole rings is 1. The lowest BCUT2D eigenvalue weighted by Crippen LogP contribution is -2.44. The normalized spacial score (nSPS) is 15.2. The second-order valence-electron chi connectivity index (χ2n) is 8.62. The molecule has 5 rings (SSSR count). The Bertz CT molecular complexity index is 1560. The van der Waals surface area contributed by atoms with Gasteiger partial charge in [0.2, 0.25) is 15.9 Å². The van der Waals surface area contributed by atoms with Gasteiger partial charge in [0.25, 0.3) is 0 Å². The van der Waals surface area contributed by atoms with Crippen molar-refractivity contribution in [2.24, 2.45) is 5.92 Å². The number of sulfonamides is 1. The van der Waals surface area contributed by atoms with Crippen LogP contribution in [0.3, 0.4) is 0 Å². The van der Waals surface area contributed by atoms with Gasteiger partial charge < -0.3 is 0 Å². The average molecular weight is 547 g/mol. The van der Waals surface area contributed by atoms with Gasteiger partial charge in [0.1, 0.15) is 27.9 Å². The van der Waals surface area contributed by atoms with Crippen molar-refractivity contribution in [2.75, 3.05) is 18.0 Å². The van der Waals surface area contributed by atoms with Crippen LogP contribution >= 0.6 is 11.3 Å². The zero-order valence-corrected chi connectivity index (χ0v) is 21.0. The highest BCUT2D eigenvalue weighted by Crippen LogP contribution is 2.34. The lowest BCUT2D eigenvalue weighted by atomic mass is 9.96. The summed E-state index contributed by atoms with van der Waals surface area (Å²) in [6.07, 6.45) is 3.59. The summed E-state index contributed by atoms with van der Waals surface area (Å²) in [4.78, 5) is 22.9. The van der Waals surface area contributed by atoms with Gasteiger partial charge in [-0.2, -0.15) is 4.31 Å². The summed E-state index contributed by atoms with van der Waals surface area (Å²) in [7, 11) is -4.27. The Hall–Kier alpha value is -3.35. The van der Waals surface area contributed by atoms with Gasteiger partial charge in [0.05, 0.1) is 11.2 Å². The molecule has 0 radical (unpaired) electrons. The molecule has 37 heavy (non-hydrogen) atoms. The van der Waals surface area contributed by atoms with Crippen LogP contribution in [-0.2, 0) is 21.4 Å². The fourth-order valence-electron chi connectivity index (χ4n) is 4.31. The third-order valence-electron chi connectivity index (χ3n) is 6.23. The molecule has 0 saturated carbocycles. The standard InChI is InChI=1S/C25H21F3N4O3S2/c26-18-6-7-19(27)22(13-18)37(34,35)31-11-8-17(9-12-31)24(33)32(15-16-3-2-10-29-14-16)25-30-23-20(28)4-1-5-21(23)36-25/h1-7,10,13-14,17H,8-9,11-12,15H2. The summed E-state index contributed by atoms with van der Waals surface area (Å²) in [5, 5.41) is 0.325. The van der Waals surface area contributed by atoms with Gasteiger partial charge in [-0.15, -0.1) is 0 Å². The molecule has 1 fully saturated rings. The molecule has 4 aromatic rings. The van der Waals surface area contributed by atoms with E-state index in [2.05, 4.69) is 9.97 Å². The molecule has 0 spiro atoms. The van der Waals surface area contributed by atoms with Crippen molar-refractivity contribution in [2.45, 2.75) is 24.3 Å². The van der Waals surface area contributed by atoms with Crippen LogP contribution in [0.4, 0.5) is 18.3 Å². The SMILES string of the molecule is O=C(C1CCN(S(=O)(=O)c2cc(F)ccc2F)CC1)N(Cc1cccnc1)c1nc2c(F)cccc2s1. The third kappa shape index (κ3) is 5.09. The molecular weight excluding hydrogens is 525 g/mol. The van der Waals surface area contributed by atoms with E-state index in [0.717, 1.165) is 22.0 Å². The quantitative estimate of drug-likeness (QED) is 0.349. The van der Waals surface area contributed by atoms with Crippen LogP contribution in [0.2, 0.25) is 0 Å². The van der Waals surface area contributed by atoms with Crippen molar-refractivity contribution in [3.8, 4) is 0 Å². The maximum Gasteiger partial charge on any atom is 0.246 e. The van der Waals surface area contributed by atoms with Gasteiger partial charge >= 0.3 is 0 Å². The molecule has 2 aromatic heterocycles. The number of piperidine rings is 1. The van der Waals surface area contributed by atoms with Crippen LogP contribution < -0.4 is 4.90 Å². The van der Waals surface area contributed by atoms with Crippen molar-refractivity contribution in [1.82, 2.24) is 14.3 Å². The topological polar surface area (TPSA) is 83.5 Å². The first-order valence-corrected chi connectivity index (χ1v) is 13.7. The summed E-state index contributed by atoms with van der Waals surface area (Å²) >= 11 is 1.19. The maximum atomic E-state index is 14.3. The number of pyridine rings is 1. The number of aromatic nitrogens is 2. The minimum atomic E-state index is -4.27. The monoisotopic (exact) mass is 546 g/mol. The number of amides is 1. The maximum absolute atomic E-state index is 14.3. The molecule has 12 heteroatoms. The number of halogens is 3. The fraction of sp³-hybridized carbons (Fsp3) is 0.240. The number of carbonyl (C=O) groups excluding carboxylic acids is 1. The first-order chi connectivity index (χ1) is 17.7. The second-order valence-corrected chi connectivity index (χ2v) is 11.5. The van der Waals surface area contributed by atoms with E-state index in [4.69, 9.17) is 0 Å². The smallest absolute Gasteiger partial charge is 0.246 e. The van der Waals surface area contributed by atoms with Gasteiger partial charge in [-0.1, -0.05) is 23.5 Å². The highest BCUT2D eigenvalue weighted by atomic mass is 32.2. The van der Waals surface area contributed by atoms with Crippen molar-refractivity contribution >= 4 is 42.6 Å². The highest BCUT2D eigenvalue weighted by molar-refractivity contribution is 7.89. The van der Waals surface area contributed by atoms with E-state index >= 15 is 0 Å². The highest BCUT2D eigenvalue weighted by Gasteiger charge is 2.36. The number of benzene rings is 2. The van der Waals surface area contributed by atoms with E-state index in [1.165, 1.54) is 22.3 Å². The molecule has 3 heterocycles. The average Bonchev–Trinajstić information content (AvgIpc) is 3.34. The number of nitrogens with zero attached hydrogens (tertiary/aromatic N) is 4. The summed E-state index contributed by atoms with van der Waals surface area (Å²) < 4.78 is 69.6. The van der Waals surface area contributed by atoms with Crippen LogP contribution in [0.15, 0.2) is 65.8 Å². The summed E-state index contributed by atoms with van der Waals surface area (Å²) in [6, 6.07) is 10.4. The van der Waals surface area contributed by atoms with E-state index < -0.39 is 38.3 Å². The Morgan fingerprint density at radius 3 is 2.54 bits per heavy atom.